The molecule has 0 bridgehead atoms. The highest BCUT2D eigenvalue weighted by Gasteiger charge is 2.26. The van der Waals surface area contributed by atoms with Gasteiger partial charge in [0, 0.05) is 23.7 Å². The van der Waals surface area contributed by atoms with Crippen LogP contribution in [0.4, 0.5) is 0 Å². The van der Waals surface area contributed by atoms with Gasteiger partial charge in [0.15, 0.2) is 0 Å². The van der Waals surface area contributed by atoms with Crippen LogP contribution in [-0.4, -0.2) is 52.9 Å². The maximum absolute atomic E-state index is 13.1. The number of ether oxygens (including phenoxy) is 2. The van der Waals surface area contributed by atoms with E-state index in [1.807, 2.05) is 0 Å². The molecule has 4 rings (SSSR count). The summed E-state index contributed by atoms with van der Waals surface area (Å²) in [6.45, 7) is 1.07. The molecule has 1 aliphatic rings. The Balaban J connectivity index is 1.60. The van der Waals surface area contributed by atoms with Gasteiger partial charge >= 0.3 is 0 Å². The van der Waals surface area contributed by atoms with Crippen molar-refractivity contribution in [2.24, 2.45) is 11.5 Å². The van der Waals surface area contributed by atoms with Crippen molar-refractivity contribution in [3.8, 4) is 23.3 Å². The summed E-state index contributed by atoms with van der Waals surface area (Å²) in [6, 6.07) is 15.8. The first kappa shape index (κ1) is 24.6. The van der Waals surface area contributed by atoms with Crippen LogP contribution in [0, 0.1) is 10.8 Å². The maximum Gasteiger partial charge on any atom is 0.257 e. The van der Waals surface area contributed by atoms with E-state index in [0.717, 1.165) is 0 Å². The maximum atomic E-state index is 13.1. The van der Waals surface area contributed by atoms with Gasteiger partial charge in [-0.15, -0.1) is 0 Å². The molecule has 2 atom stereocenters. The second-order valence-electron chi connectivity index (χ2n) is 8.22. The number of carbonyl (C=O) groups is 1. The third-order valence-electron chi connectivity index (χ3n) is 5.61. The van der Waals surface area contributed by atoms with Crippen LogP contribution in [0.15, 0.2) is 60.7 Å². The molecule has 0 radical (unpaired) electrons. The molecule has 0 spiro atoms. The predicted octanol–water partition coefficient (Wildman–Crippen LogP) is 1.69. The number of nitrogens with zero attached hydrogens (tertiary/aromatic N) is 1. The van der Waals surface area contributed by atoms with Crippen molar-refractivity contribution in [2.45, 2.75) is 18.6 Å². The number of pyridine rings is 1. The summed E-state index contributed by atoms with van der Waals surface area (Å²) < 4.78 is 11.7. The van der Waals surface area contributed by atoms with E-state index >= 15 is 0 Å². The number of nitrogens with two attached hydrogens (primary N) is 2. The fourth-order valence-electron chi connectivity index (χ4n) is 3.63. The number of aromatic nitrogens is 1. The molecule has 11 nitrogen and oxygen atoms in total. The van der Waals surface area contributed by atoms with Gasteiger partial charge < -0.3 is 36.7 Å². The number of nitrogens with one attached hydrogen (secondary N) is 4. The minimum absolute atomic E-state index is 0.00403. The van der Waals surface area contributed by atoms with Crippen molar-refractivity contribution in [1.29, 1.82) is 10.8 Å². The van der Waals surface area contributed by atoms with E-state index in [9.17, 15) is 9.90 Å². The lowest BCUT2D eigenvalue weighted by molar-refractivity contribution is 0.0763. The first-order valence-corrected chi connectivity index (χ1v) is 11.3. The molecule has 1 aromatic heterocycles. The average Bonchev–Trinajstić information content (AvgIpc) is 2.86. The summed E-state index contributed by atoms with van der Waals surface area (Å²) in [6.07, 6.45) is -0.125. The zero-order chi connectivity index (χ0) is 25.7. The molecular weight excluding hydrogens is 462 g/mol. The second-order valence-corrected chi connectivity index (χ2v) is 8.22. The molecule has 1 aliphatic heterocycles. The molecule has 1 saturated heterocycles. The summed E-state index contributed by atoms with van der Waals surface area (Å²) in [7, 11) is 0. The highest BCUT2D eigenvalue weighted by molar-refractivity contribution is 5.97. The van der Waals surface area contributed by atoms with Gasteiger partial charge in [-0.05, 0) is 67.6 Å². The van der Waals surface area contributed by atoms with Crippen molar-refractivity contribution >= 4 is 17.6 Å². The average molecular weight is 490 g/mol. The number of hydrogen-bond donors (Lipinski definition) is 7. The molecule has 2 unspecified atom stereocenters. The Labute approximate surface area is 207 Å². The van der Waals surface area contributed by atoms with Gasteiger partial charge in [-0.25, -0.2) is 0 Å². The molecule has 1 amide bonds. The van der Waals surface area contributed by atoms with Crippen LogP contribution >= 0.6 is 0 Å². The molecule has 9 N–H and O–H groups in total. The zero-order valence-electron chi connectivity index (χ0n) is 19.3. The van der Waals surface area contributed by atoms with Gasteiger partial charge in [0.05, 0.1) is 12.1 Å². The van der Waals surface area contributed by atoms with Gasteiger partial charge in [0.2, 0.25) is 11.8 Å². The highest BCUT2D eigenvalue weighted by Crippen LogP contribution is 2.29. The number of aliphatic hydroxyl groups excluding tert-OH is 1. The number of carbonyl (C=O) groups excluding carboxylic acids is 1. The molecular formula is C25H27N7O4. The number of β-amino-alcohol motifs (C(OH)–C–C–N with tert-alkyl or cyclic N) is 1. The molecule has 0 saturated carbocycles. The fourth-order valence-corrected chi connectivity index (χ4v) is 3.63. The van der Waals surface area contributed by atoms with Crippen molar-refractivity contribution in [3.63, 3.8) is 0 Å². The Morgan fingerprint density at radius 2 is 1.53 bits per heavy atom. The van der Waals surface area contributed by atoms with Gasteiger partial charge in [-0.3, -0.25) is 15.6 Å². The second kappa shape index (κ2) is 10.8. The van der Waals surface area contributed by atoms with Gasteiger partial charge in [0.1, 0.15) is 28.7 Å². The van der Waals surface area contributed by atoms with Crippen LogP contribution in [0.25, 0.3) is 0 Å². The third-order valence-corrected chi connectivity index (χ3v) is 5.61. The molecule has 2 aromatic carbocycles. The quantitative estimate of drug-likeness (QED) is 0.183. The van der Waals surface area contributed by atoms with E-state index < -0.39 is 18.1 Å². The monoisotopic (exact) mass is 489 g/mol. The first-order chi connectivity index (χ1) is 17.3. The van der Waals surface area contributed by atoms with Gasteiger partial charge in [-0.1, -0.05) is 0 Å². The largest absolute Gasteiger partial charge is 0.439 e. The topological polar surface area (TPSA) is 192 Å². The Hall–Kier alpha value is -4.48. The number of piperidine rings is 1. The lowest BCUT2D eigenvalue weighted by atomic mass is 10.0. The van der Waals surface area contributed by atoms with Crippen LogP contribution in [0.3, 0.4) is 0 Å². The molecule has 186 valence electrons. The van der Waals surface area contributed by atoms with E-state index in [-0.39, 0.29) is 29.0 Å². The number of hydrogen-bond acceptors (Lipinski definition) is 8. The van der Waals surface area contributed by atoms with Crippen LogP contribution in [0.5, 0.6) is 23.3 Å². The summed E-state index contributed by atoms with van der Waals surface area (Å²) in [5, 5.41) is 31.2. The molecule has 3 aromatic rings. The lowest BCUT2D eigenvalue weighted by Crippen LogP contribution is -2.52. The summed E-state index contributed by atoms with van der Waals surface area (Å²) >= 11 is 0. The van der Waals surface area contributed by atoms with Crippen LogP contribution in [0.1, 0.15) is 27.9 Å². The smallest absolute Gasteiger partial charge is 0.257 e. The Kier molecular flexibility index (Phi) is 7.42. The third kappa shape index (κ3) is 5.95. The molecule has 0 aliphatic carbocycles. The van der Waals surface area contributed by atoms with Gasteiger partial charge in [-0.2, -0.15) is 4.98 Å². The predicted molar refractivity (Wildman–Crippen MR) is 134 cm³/mol. The Morgan fingerprint density at radius 1 is 0.944 bits per heavy atom. The number of benzene rings is 2. The standard InChI is InChI=1S/C25H27N7O4/c26-22(27)14-1-5-16(6-2-14)35-21-10-9-18(24(34)31-19-11-12-30-13-20(19)33)25(32-21)36-17-7-3-15(4-8-17)23(28)29/h1-10,19-20,30,33H,11-13H2,(H3,26,27)(H3,28,29)(H,31,34). The number of nitrogen functional groups attached to an aromatic ring is 2. The molecule has 11 heteroatoms. The summed E-state index contributed by atoms with van der Waals surface area (Å²) in [5.74, 6) is 0.447. The van der Waals surface area contributed by atoms with Crippen LogP contribution < -0.4 is 31.6 Å². The zero-order valence-corrected chi connectivity index (χ0v) is 19.3. The van der Waals surface area contributed by atoms with E-state index in [4.69, 9.17) is 31.8 Å². The Bertz CT molecular complexity index is 1260. The minimum Gasteiger partial charge on any atom is -0.439 e. The van der Waals surface area contributed by atoms with E-state index in [1.165, 1.54) is 6.07 Å². The van der Waals surface area contributed by atoms with E-state index in [0.29, 0.717) is 42.1 Å². The first-order valence-electron chi connectivity index (χ1n) is 11.3. The minimum atomic E-state index is -0.709. The number of amidine groups is 2. The highest BCUT2D eigenvalue weighted by atomic mass is 16.5. The Morgan fingerprint density at radius 3 is 2.08 bits per heavy atom. The SMILES string of the molecule is N=C(N)c1ccc(Oc2ccc(C(=O)NC3CCNCC3O)c(Oc3ccc(C(=N)N)cc3)n2)cc1. The fraction of sp³-hybridized carbons (Fsp3) is 0.200. The van der Waals surface area contributed by atoms with Gasteiger partial charge in [0.25, 0.3) is 5.91 Å². The van der Waals surface area contributed by atoms with Crippen molar-refractivity contribution in [3.05, 3.63) is 77.4 Å². The lowest BCUT2D eigenvalue weighted by Gasteiger charge is -2.29. The van der Waals surface area contributed by atoms with Crippen LogP contribution in [0.2, 0.25) is 0 Å². The van der Waals surface area contributed by atoms with E-state index in [1.54, 1.807) is 54.6 Å². The molecule has 1 fully saturated rings. The normalized spacial score (nSPS) is 17.1. The van der Waals surface area contributed by atoms with Crippen LogP contribution in [-0.2, 0) is 0 Å². The molecule has 2 heterocycles. The molecule has 36 heavy (non-hydrogen) atoms. The van der Waals surface area contributed by atoms with Crippen molar-refractivity contribution in [1.82, 2.24) is 15.6 Å². The van der Waals surface area contributed by atoms with Crippen molar-refractivity contribution in [2.75, 3.05) is 13.1 Å². The number of rotatable bonds is 8. The van der Waals surface area contributed by atoms with E-state index in [2.05, 4.69) is 15.6 Å². The summed E-state index contributed by atoms with van der Waals surface area (Å²) in [4.78, 5) is 17.5. The summed E-state index contributed by atoms with van der Waals surface area (Å²) in [5.41, 5.74) is 12.3. The number of aliphatic hydroxyl groups is 1. The van der Waals surface area contributed by atoms with Crippen molar-refractivity contribution < 1.29 is 19.4 Å². The number of amides is 1.